The van der Waals surface area contributed by atoms with Gasteiger partial charge < -0.3 is 0 Å². The van der Waals surface area contributed by atoms with E-state index in [1.807, 2.05) is 19.9 Å². The maximum absolute atomic E-state index is 12.2. The van der Waals surface area contributed by atoms with Crippen molar-refractivity contribution in [2.75, 3.05) is 13.6 Å². The van der Waals surface area contributed by atoms with Gasteiger partial charge in [-0.1, -0.05) is 38.5 Å². The summed E-state index contributed by atoms with van der Waals surface area (Å²) in [6.07, 6.45) is 0.939. The molecule has 1 atom stereocenters. The van der Waals surface area contributed by atoms with E-state index in [0.29, 0.717) is 23.6 Å². The van der Waals surface area contributed by atoms with E-state index in [4.69, 9.17) is 5.26 Å². The first-order valence-electron chi connectivity index (χ1n) is 6.32. The molecule has 19 heavy (non-hydrogen) atoms. The average Bonchev–Trinajstić information content (AvgIpc) is 2.38. The molecule has 0 aliphatic heterocycles. The Labute approximate surface area is 115 Å². The zero-order valence-electron chi connectivity index (χ0n) is 11.6. The monoisotopic (exact) mass is 280 g/mol. The van der Waals surface area contributed by atoms with Gasteiger partial charge in [-0.3, -0.25) is 0 Å². The number of hydrogen-bond acceptors (Lipinski definition) is 3. The van der Waals surface area contributed by atoms with E-state index in [9.17, 15) is 8.42 Å². The second-order valence-electron chi connectivity index (χ2n) is 4.82. The summed E-state index contributed by atoms with van der Waals surface area (Å²) in [4.78, 5) is 0. The minimum absolute atomic E-state index is 0.121. The second-order valence-corrected chi connectivity index (χ2v) is 6.89. The number of benzene rings is 1. The standard InChI is InChI=1S/C14H20N2O2S/c1-4-12(2)10-16(3)19(17,18)11-14-8-6-5-7-13(14)9-15/h5-8,12H,4,10-11H2,1-3H3. The fourth-order valence-corrected chi connectivity index (χ4v) is 3.09. The van der Waals surface area contributed by atoms with Crippen molar-refractivity contribution in [1.82, 2.24) is 4.31 Å². The van der Waals surface area contributed by atoms with Gasteiger partial charge in [0.25, 0.3) is 0 Å². The van der Waals surface area contributed by atoms with Gasteiger partial charge in [0.2, 0.25) is 10.0 Å². The van der Waals surface area contributed by atoms with E-state index in [1.165, 1.54) is 4.31 Å². The SMILES string of the molecule is CCC(C)CN(C)S(=O)(=O)Cc1ccccc1C#N. The lowest BCUT2D eigenvalue weighted by Crippen LogP contribution is -2.32. The Hall–Kier alpha value is -1.38. The molecule has 1 aromatic rings. The molecule has 0 aliphatic rings. The number of sulfonamides is 1. The third-order valence-corrected chi connectivity index (χ3v) is 4.99. The average molecular weight is 280 g/mol. The molecule has 1 unspecified atom stereocenters. The first-order valence-corrected chi connectivity index (χ1v) is 7.93. The van der Waals surface area contributed by atoms with Crippen molar-refractivity contribution in [3.05, 3.63) is 35.4 Å². The molecular formula is C14H20N2O2S. The van der Waals surface area contributed by atoms with E-state index in [1.54, 1.807) is 31.3 Å². The number of nitriles is 1. The normalized spacial score (nSPS) is 13.2. The zero-order valence-corrected chi connectivity index (χ0v) is 12.4. The first kappa shape index (κ1) is 15.7. The fraction of sp³-hybridized carbons (Fsp3) is 0.500. The van der Waals surface area contributed by atoms with Crippen LogP contribution in [0.5, 0.6) is 0 Å². The van der Waals surface area contributed by atoms with Gasteiger partial charge in [0, 0.05) is 13.6 Å². The van der Waals surface area contributed by atoms with Gasteiger partial charge >= 0.3 is 0 Å². The lowest BCUT2D eigenvalue weighted by molar-refractivity contribution is 0.393. The summed E-state index contributed by atoms with van der Waals surface area (Å²) in [5, 5.41) is 8.98. The smallest absolute Gasteiger partial charge is 0.212 e. The van der Waals surface area contributed by atoms with Crippen LogP contribution in [0.4, 0.5) is 0 Å². The summed E-state index contributed by atoms with van der Waals surface area (Å²) in [6, 6.07) is 8.84. The maximum Gasteiger partial charge on any atom is 0.218 e. The van der Waals surface area contributed by atoms with Crippen LogP contribution in [-0.4, -0.2) is 26.3 Å². The highest BCUT2D eigenvalue weighted by molar-refractivity contribution is 7.88. The van der Waals surface area contributed by atoms with Crippen LogP contribution in [-0.2, 0) is 15.8 Å². The molecule has 4 nitrogen and oxygen atoms in total. The largest absolute Gasteiger partial charge is 0.218 e. The quantitative estimate of drug-likeness (QED) is 0.803. The van der Waals surface area contributed by atoms with Crippen LogP contribution in [0.2, 0.25) is 0 Å². The lowest BCUT2D eigenvalue weighted by Gasteiger charge is -2.20. The van der Waals surface area contributed by atoms with Crippen LogP contribution in [0.1, 0.15) is 31.4 Å². The van der Waals surface area contributed by atoms with E-state index in [-0.39, 0.29) is 5.75 Å². The molecule has 0 radical (unpaired) electrons. The highest BCUT2D eigenvalue weighted by Crippen LogP contribution is 2.15. The summed E-state index contributed by atoms with van der Waals surface area (Å²) in [6.45, 7) is 4.57. The molecule has 0 heterocycles. The molecule has 1 aromatic carbocycles. The Balaban J connectivity index is 2.88. The molecule has 0 bridgehead atoms. The van der Waals surface area contributed by atoms with Gasteiger partial charge in [0.15, 0.2) is 0 Å². The van der Waals surface area contributed by atoms with E-state index in [2.05, 4.69) is 0 Å². The summed E-state index contributed by atoms with van der Waals surface area (Å²) >= 11 is 0. The molecule has 0 saturated carbocycles. The third-order valence-electron chi connectivity index (χ3n) is 3.22. The van der Waals surface area contributed by atoms with Gasteiger partial charge in [-0.15, -0.1) is 0 Å². The van der Waals surface area contributed by atoms with Crippen molar-refractivity contribution < 1.29 is 8.42 Å². The van der Waals surface area contributed by atoms with Crippen molar-refractivity contribution >= 4 is 10.0 Å². The second kappa shape index (κ2) is 6.69. The predicted molar refractivity (Wildman–Crippen MR) is 75.9 cm³/mol. The molecule has 0 aromatic heterocycles. The molecule has 0 amide bonds. The van der Waals surface area contributed by atoms with Crippen molar-refractivity contribution in [1.29, 1.82) is 5.26 Å². The van der Waals surface area contributed by atoms with Gasteiger partial charge in [0.1, 0.15) is 0 Å². The molecule has 0 aliphatic carbocycles. The maximum atomic E-state index is 12.2. The third kappa shape index (κ3) is 4.34. The topological polar surface area (TPSA) is 61.2 Å². The van der Waals surface area contributed by atoms with Gasteiger partial charge in [-0.25, -0.2) is 12.7 Å². The van der Waals surface area contributed by atoms with E-state index < -0.39 is 10.0 Å². The van der Waals surface area contributed by atoms with E-state index in [0.717, 1.165) is 6.42 Å². The van der Waals surface area contributed by atoms with Gasteiger partial charge in [0.05, 0.1) is 17.4 Å². The van der Waals surface area contributed by atoms with Crippen LogP contribution in [0.25, 0.3) is 0 Å². The Morgan fingerprint density at radius 2 is 2.00 bits per heavy atom. The summed E-state index contributed by atoms with van der Waals surface area (Å²) in [5.74, 6) is 0.204. The Morgan fingerprint density at radius 1 is 1.37 bits per heavy atom. The minimum Gasteiger partial charge on any atom is -0.212 e. The van der Waals surface area contributed by atoms with Crippen molar-refractivity contribution in [3.63, 3.8) is 0 Å². The van der Waals surface area contributed by atoms with Crippen LogP contribution in [0.15, 0.2) is 24.3 Å². The fourth-order valence-electron chi connectivity index (χ4n) is 1.74. The van der Waals surface area contributed by atoms with E-state index >= 15 is 0 Å². The molecule has 5 heteroatoms. The van der Waals surface area contributed by atoms with Crippen molar-refractivity contribution in [3.8, 4) is 6.07 Å². The number of rotatable bonds is 6. The van der Waals surface area contributed by atoms with Crippen LogP contribution in [0, 0.1) is 17.2 Å². The molecular weight excluding hydrogens is 260 g/mol. The Bertz CT molecular complexity index is 561. The zero-order chi connectivity index (χ0) is 14.5. The molecule has 1 rings (SSSR count). The Morgan fingerprint density at radius 3 is 2.58 bits per heavy atom. The predicted octanol–water partition coefficient (Wildman–Crippen LogP) is 2.37. The van der Waals surface area contributed by atoms with Crippen LogP contribution in [0.3, 0.4) is 0 Å². The van der Waals surface area contributed by atoms with Crippen LogP contribution < -0.4 is 0 Å². The highest BCUT2D eigenvalue weighted by Gasteiger charge is 2.21. The summed E-state index contributed by atoms with van der Waals surface area (Å²) < 4.78 is 25.9. The molecule has 0 fully saturated rings. The van der Waals surface area contributed by atoms with Gasteiger partial charge in [-0.05, 0) is 17.5 Å². The van der Waals surface area contributed by atoms with Crippen LogP contribution >= 0.6 is 0 Å². The van der Waals surface area contributed by atoms with Gasteiger partial charge in [-0.2, -0.15) is 5.26 Å². The molecule has 104 valence electrons. The van der Waals surface area contributed by atoms with Crippen molar-refractivity contribution in [2.24, 2.45) is 5.92 Å². The highest BCUT2D eigenvalue weighted by atomic mass is 32.2. The summed E-state index contributed by atoms with van der Waals surface area (Å²) in [7, 11) is -1.78. The first-order chi connectivity index (χ1) is 8.90. The Kier molecular flexibility index (Phi) is 5.52. The summed E-state index contributed by atoms with van der Waals surface area (Å²) in [5.41, 5.74) is 0.976. The lowest BCUT2D eigenvalue weighted by atomic mass is 10.1. The van der Waals surface area contributed by atoms with Crippen molar-refractivity contribution in [2.45, 2.75) is 26.0 Å². The molecule has 0 spiro atoms. The minimum atomic E-state index is -3.37. The molecule has 0 saturated heterocycles. The number of hydrogen-bond donors (Lipinski definition) is 0. The molecule has 0 N–H and O–H groups in total. The number of nitrogens with zero attached hydrogens (tertiary/aromatic N) is 2.